The number of anilines is 1. The topological polar surface area (TPSA) is 88.9 Å². The molecule has 3 heterocycles. The van der Waals surface area contributed by atoms with E-state index < -0.39 is 0 Å². The van der Waals surface area contributed by atoms with Crippen molar-refractivity contribution >= 4 is 28.5 Å². The van der Waals surface area contributed by atoms with Gasteiger partial charge in [-0.1, -0.05) is 11.6 Å². The first-order valence-corrected chi connectivity index (χ1v) is 7.77. The predicted molar refractivity (Wildman–Crippen MR) is 92.7 cm³/mol. The van der Waals surface area contributed by atoms with Crippen LogP contribution in [0.1, 0.15) is 0 Å². The number of halogens is 1. The summed E-state index contributed by atoms with van der Waals surface area (Å²) in [4.78, 5) is 12.1. The molecule has 0 bridgehead atoms. The minimum Gasteiger partial charge on any atom is -0.378 e. The molecule has 23 heavy (non-hydrogen) atoms. The second kappa shape index (κ2) is 7.41. The van der Waals surface area contributed by atoms with Crippen molar-refractivity contribution in [2.45, 2.75) is 0 Å². The molecule has 120 valence electrons. The largest absolute Gasteiger partial charge is 0.378 e. The van der Waals surface area contributed by atoms with Gasteiger partial charge < -0.3 is 20.8 Å². The van der Waals surface area contributed by atoms with Crippen LogP contribution < -0.4 is 11.1 Å². The van der Waals surface area contributed by atoms with Crippen molar-refractivity contribution in [2.75, 3.05) is 31.6 Å². The molecule has 0 radical (unpaired) electrons. The fourth-order valence-electron chi connectivity index (χ4n) is 2.33. The second-order valence-electron chi connectivity index (χ2n) is 4.99. The van der Waals surface area contributed by atoms with E-state index in [1.54, 1.807) is 12.3 Å². The first-order chi connectivity index (χ1) is 11.3. The average molecular weight is 332 g/mol. The van der Waals surface area contributed by atoms with Gasteiger partial charge in [0.25, 0.3) is 0 Å². The highest BCUT2D eigenvalue weighted by Gasteiger charge is 2.10. The number of hydrogen-bond acceptors (Lipinski definition) is 5. The summed E-state index contributed by atoms with van der Waals surface area (Å²) in [6, 6.07) is 7.54. The highest BCUT2D eigenvalue weighted by atomic mass is 35.5. The summed E-state index contributed by atoms with van der Waals surface area (Å²) < 4.78 is 5.33. The smallest absolute Gasteiger partial charge is 0.137 e. The number of nitrogens with two attached hydrogens (primary N) is 1. The van der Waals surface area contributed by atoms with E-state index in [9.17, 15) is 0 Å². The van der Waals surface area contributed by atoms with E-state index in [-0.39, 0.29) is 0 Å². The summed E-state index contributed by atoms with van der Waals surface area (Å²) in [5.41, 5.74) is 7.97. The Labute approximate surface area is 139 Å². The van der Waals surface area contributed by atoms with Crippen LogP contribution in [0.25, 0.3) is 22.3 Å². The zero-order chi connectivity index (χ0) is 16.1. The SMILES string of the molecule is NCCOCCNc1cc(Cl)cc(-c2c[nH]c3ncccc23)n1. The predicted octanol–water partition coefficient (Wildman–Crippen LogP) is 2.67. The summed E-state index contributed by atoms with van der Waals surface area (Å²) >= 11 is 6.23. The number of ether oxygens (including phenoxy) is 1. The molecule has 7 heteroatoms. The molecule has 0 atom stereocenters. The number of rotatable bonds is 7. The maximum absolute atomic E-state index is 6.23. The van der Waals surface area contributed by atoms with Crippen LogP contribution in [0.4, 0.5) is 5.82 Å². The maximum Gasteiger partial charge on any atom is 0.137 e. The van der Waals surface area contributed by atoms with Gasteiger partial charge in [0, 0.05) is 41.5 Å². The van der Waals surface area contributed by atoms with Crippen molar-refractivity contribution in [3.05, 3.63) is 41.7 Å². The highest BCUT2D eigenvalue weighted by Crippen LogP contribution is 2.29. The molecule has 3 rings (SSSR count). The monoisotopic (exact) mass is 331 g/mol. The number of aromatic nitrogens is 3. The molecule has 0 aliphatic heterocycles. The van der Waals surface area contributed by atoms with E-state index in [1.807, 2.05) is 24.4 Å². The lowest BCUT2D eigenvalue weighted by Crippen LogP contribution is -2.14. The molecular formula is C16H18ClN5O. The summed E-state index contributed by atoms with van der Waals surface area (Å²) in [5, 5.41) is 4.84. The van der Waals surface area contributed by atoms with Crippen LogP contribution in [0, 0.1) is 0 Å². The number of aromatic amines is 1. The van der Waals surface area contributed by atoms with E-state index in [0.717, 1.165) is 22.3 Å². The van der Waals surface area contributed by atoms with E-state index in [1.165, 1.54) is 0 Å². The van der Waals surface area contributed by atoms with E-state index in [0.29, 0.717) is 37.1 Å². The zero-order valence-electron chi connectivity index (χ0n) is 12.6. The number of nitrogens with one attached hydrogen (secondary N) is 2. The fourth-order valence-corrected chi connectivity index (χ4v) is 2.54. The van der Waals surface area contributed by atoms with E-state index in [2.05, 4.69) is 20.3 Å². The third-order valence-corrected chi connectivity index (χ3v) is 3.55. The van der Waals surface area contributed by atoms with Gasteiger partial charge in [0.05, 0.1) is 18.9 Å². The lowest BCUT2D eigenvalue weighted by molar-refractivity contribution is 0.151. The first kappa shape index (κ1) is 15.7. The van der Waals surface area contributed by atoms with Crippen molar-refractivity contribution in [1.82, 2.24) is 15.0 Å². The van der Waals surface area contributed by atoms with Crippen LogP contribution in [0.5, 0.6) is 0 Å². The van der Waals surface area contributed by atoms with Gasteiger partial charge in [0.2, 0.25) is 0 Å². The standard InChI is InChI=1S/C16H18ClN5O/c17-11-8-14(13-10-21-16-12(13)2-1-4-20-16)22-15(9-11)19-5-7-23-6-3-18/h1-2,4,8-10H,3,5-7,18H2,(H,19,22)(H,20,21). The lowest BCUT2D eigenvalue weighted by Gasteiger charge is -2.08. The molecule has 0 aromatic carbocycles. The Morgan fingerprint density at radius 3 is 3.09 bits per heavy atom. The van der Waals surface area contributed by atoms with Gasteiger partial charge in [-0.15, -0.1) is 0 Å². The van der Waals surface area contributed by atoms with Gasteiger partial charge in [0.1, 0.15) is 11.5 Å². The van der Waals surface area contributed by atoms with E-state index >= 15 is 0 Å². The Hall–Kier alpha value is -2.15. The molecule has 0 amide bonds. The summed E-state index contributed by atoms with van der Waals surface area (Å²) in [6.45, 7) is 2.28. The van der Waals surface area contributed by atoms with Crippen LogP contribution in [0.2, 0.25) is 5.02 Å². The molecule has 0 aliphatic carbocycles. The molecule has 3 aromatic heterocycles. The molecule has 0 spiro atoms. The Bertz CT molecular complexity index is 789. The normalized spacial score (nSPS) is 11.0. The second-order valence-corrected chi connectivity index (χ2v) is 5.42. The molecule has 0 fully saturated rings. The Morgan fingerprint density at radius 2 is 2.22 bits per heavy atom. The summed E-state index contributed by atoms with van der Waals surface area (Å²) in [7, 11) is 0. The van der Waals surface area contributed by atoms with Gasteiger partial charge in [-0.25, -0.2) is 9.97 Å². The molecule has 6 nitrogen and oxygen atoms in total. The molecule has 0 saturated carbocycles. The lowest BCUT2D eigenvalue weighted by atomic mass is 10.1. The third-order valence-electron chi connectivity index (χ3n) is 3.33. The molecule has 0 unspecified atom stereocenters. The van der Waals surface area contributed by atoms with Crippen LogP contribution >= 0.6 is 11.6 Å². The molecule has 4 N–H and O–H groups in total. The Morgan fingerprint density at radius 1 is 1.30 bits per heavy atom. The van der Waals surface area contributed by atoms with Crippen LogP contribution in [0.15, 0.2) is 36.7 Å². The van der Waals surface area contributed by atoms with Gasteiger partial charge in [-0.2, -0.15) is 0 Å². The van der Waals surface area contributed by atoms with Crippen LogP contribution in [-0.2, 0) is 4.74 Å². The number of pyridine rings is 2. The quantitative estimate of drug-likeness (QED) is 0.579. The van der Waals surface area contributed by atoms with Gasteiger partial charge in [-0.05, 0) is 24.3 Å². The van der Waals surface area contributed by atoms with Crippen LogP contribution in [0.3, 0.4) is 0 Å². The van der Waals surface area contributed by atoms with Crippen molar-refractivity contribution in [1.29, 1.82) is 0 Å². The van der Waals surface area contributed by atoms with Crippen LogP contribution in [-0.4, -0.2) is 41.3 Å². The Balaban J connectivity index is 1.80. The molecule has 0 saturated heterocycles. The van der Waals surface area contributed by atoms with Gasteiger partial charge in [0.15, 0.2) is 0 Å². The van der Waals surface area contributed by atoms with Crippen molar-refractivity contribution in [3.63, 3.8) is 0 Å². The molecular weight excluding hydrogens is 314 g/mol. The third kappa shape index (κ3) is 3.79. The number of fused-ring (bicyclic) bond motifs is 1. The zero-order valence-corrected chi connectivity index (χ0v) is 13.3. The van der Waals surface area contributed by atoms with Gasteiger partial charge >= 0.3 is 0 Å². The summed E-state index contributed by atoms with van der Waals surface area (Å²) in [6.07, 6.45) is 3.65. The van der Waals surface area contributed by atoms with Crippen molar-refractivity contribution < 1.29 is 4.74 Å². The minimum absolute atomic E-state index is 0.522. The van der Waals surface area contributed by atoms with Crippen molar-refractivity contribution in [2.24, 2.45) is 5.73 Å². The average Bonchev–Trinajstić information content (AvgIpc) is 2.98. The molecule has 3 aromatic rings. The number of hydrogen-bond donors (Lipinski definition) is 3. The first-order valence-electron chi connectivity index (χ1n) is 7.39. The Kier molecular flexibility index (Phi) is 5.07. The number of H-pyrrole nitrogens is 1. The minimum atomic E-state index is 0.522. The number of nitrogens with zero attached hydrogens (tertiary/aromatic N) is 2. The summed E-state index contributed by atoms with van der Waals surface area (Å²) in [5.74, 6) is 0.710. The van der Waals surface area contributed by atoms with E-state index in [4.69, 9.17) is 22.1 Å². The van der Waals surface area contributed by atoms with Crippen molar-refractivity contribution in [3.8, 4) is 11.3 Å². The highest BCUT2D eigenvalue weighted by molar-refractivity contribution is 6.31. The maximum atomic E-state index is 6.23. The molecule has 0 aliphatic rings. The van der Waals surface area contributed by atoms with Gasteiger partial charge in [-0.3, -0.25) is 0 Å². The fraction of sp³-hybridized carbons (Fsp3) is 0.250.